The monoisotopic (exact) mass is 286 g/mol. The number of hydrogen-bond donors (Lipinski definition) is 0. The summed E-state index contributed by atoms with van der Waals surface area (Å²) < 4.78 is 15.5. The minimum absolute atomic E-state index is 0.294. The maximum absolute atomic E-state index is 12.0. The van der Waals surface area contributed by atoms with Crippen molar-refractivity contribution in [1.82, 2.24) is 0 Å². The fraction of sp³-hybridized carbons (Fsp3) is 0.125. The number of benzene rings is 2. The maximum atomic E-state index is 12.0. The number of aldehydes is 1. The molecule has 5 heteroatoms. The zero-order valence-electron chi connectivity index (χ0n) is 11.7. The summed E-state index contributed by atoms with van der Waals surface area (Å²) in [5.74, 6) is 0.757. The highest BCUT2D eigenvalue weighted by Gasteiger charge is 2.13. The van der Waals surface area contributed by atoms with Crippen LogP contribution in [0.5, 0.6) is 17.2 Å². The Morgan fingerprint density at radius 1 is 0.952 bits per heavy atom. The standard InChI is InChI=1S/C16H14O5/c1-19-13-7-8-14(15(9-13)20-2)21-16(18)12-5-3-11(10-17)4-6-12/h3-10H,1-2H3. The van der Waals surface area contributed by atoms with Crippen molar-refractivity contribution in [3.8, 4) is 17.2 Å². The minimum Gasteiger partial charge on any atom is -0.497 e. The van der Waals surface area contributed by atoms with E-state index in [1.807, 2.05) is 0 Å². The second kappa shape index (κ2) is 6.56. The van der Waals surface area contributed by atoms with Gasteiger partial charge in [-0.15, -0.1) is 0 Å². The highest BCUT2D eigenvalue weighted by atomic mass is 16.6. The topological polar surface area (TPSA) is 61.8 Å². The van der Waals surface area contributed by atoms with E-state index in [1.54, 1.807) is 30.3 Å². The molecular weight excluding hydrogens is 272 g/mol. The Bertz CT molecular complexity index is 646. The second-order valence-corrected chi connectivity index (χ2v) is 4.15. The Labute approximate surface area is 122 Å². The molecule has 0 spiro atoms. The van der Waals surface area contributed by atoms with Crippen molar-refractivity contribution < 1.29 is 23.8 Å². The van der Waals surface area contributed by atoms with E-state index in [2.05, 4.69) is 0 Å². The van der Waals surface area contributed by atoms with Crippen molar-refractivity contribution in [2.45, 2.75) is 0 Å². The molecule has 0 bridgehead atoms. The fourth-order valence-corrected chi connectivity index (χ4v) is 1.72. The van der Waals surface area contributed by atoms with E-state index < -0.39 is 5.97 Å². The first-order valence-corrected chi connectivity index (χ1v) is 6.17. The van der Waals surface area contributed by atoms with E-state index in [4.69, 9.17) is 14.2 Å². The molecule has 0 fully saturated rings. The van der Waals surface area contributed by atoms with E-state index in [0.717, 1.165) is 0 Å². The first-order chi connectivity index (χ1) is 10.2. The molecule has 0 heterocycles. The molecule has 0 aliphatic carbocycles. The lowest BCUT2D eigenvalue weighted by atomic mass is 10.1. The number of carbonyl (C=O) groups excluding carboxylic acids is 2. The molecule has 0 atom stereocenters. The molecular formula is C16H14O5. The van der Waals surface area contributed by atoms with Crippen LogP contribution in [0.25, 0.3) is 0 Å². The molecule has 108 valence electrons. The van der Waals surface area contributed by atoms with Gasteiger partial charge >= 0.3 is 5.97 Å². The van der Waals surface area contributed by atoms with Crippen molar-refractivity contribution in [2.75, 3.05) is 14.2 Å². The molecule has 0 aromatic heterocycles. The molecule has 0 N–H and O–H groups in total. The third-order valence-electron chi connectivity index (χ3n) is 2.86. The van der Waals surface area contributed by atoms with Gasteiger partial charge in [-0.2, -0.15) is 0 Å². The molecule has 0 radical (unpaired) electrons. The van der Waals surface area contributed by atoms with Gasteiger partial charge in [0.05, 0.1) is 19.8 Å². The van der Waals surface area contributed by atoms with Gasteiger partial charge in [-0.05, 0) is 24.3 Å². The summed E-state index contributed by atoms with van der Waals surface area (Å²) >= 11 is 0. The number of hydrogen-bond acceptors (Lipinski definition) is 5. The van der Waals surface area contributed by atoms with E-state index >= 15 is 0 Å². The molecule has 0 amide bonds. The van der Waals surface area contributed by atoms with Gasteiger partial charge in [-0.1, -0.05) is 12.1 Å². The molecule has 0 saturated carbocycles. The summed E-state index contributed by atoms with van der Waals surface area (Å²) in [6.45, 7) is 0. The lowest BCUT2D eigenvalue weighted by Crippen LogP contribution is -2.09. The Kier molecular flexibility index (Phi) is 4.56. The van der Waals surface area contributed by atoms with Crippen molar-refractivity contribution in [2.24, 2.45) is 0 Å². The largest absolute Gasteiger partial charge is 0.497 e. The van der Waals surface area contributed by atoms with Crippen molar-refractivity contribution in [3.63, 3.8) is 0 Å². The molecule has 0 unspecified atom stereocenters. The molecule has 0 aliphatic heterocycles. The average molecular weight is 286 g/mol. The Hall–Kier alpha value is -2.82. The summed E-state index contributed by atoms with van der Waals surface area (Å²) in [7, 11) is 3.01. The van der Waals surface area contributed by atoms with Gasteiger partial charge in [-0.25, -0.2) is 4.79 Å². The molecule has 2 aromatic rings. The highest BCUT2D eigenvalue weighted by molar-refractivity contribution is 5.92. The van der Waals surface area contributed by atoms with Crippen molar-refractivity contribution in [3.05, 3.63) is 53.6 Å². The maximum Gasteiger partial charge on any atom is 0.343 e. The fourth-order valence-electron chi connectivity index (χ4n) is 1.72. The summed E-state index contributed by atoms with van der Waals surface area (Å²) in [5.41, 5.74) is 0.840. The lowest BCUT2D eigenvalue weighted by molar-refractivity contribution is 0.0729. The van der Waals surface area contributed by atoms with Crippen LogP contribution in [0.3, 0.4) is 0 Å². The van der Waals surface area contributed by atoms with Crippen LogP contribution in [0.1, 0.15) is 20.7 Å². The van der Waals surface area contributed by atoms with E-state index in [-0.39, 0.29) is 0 Å². The summed E-state index contributed by atoms with van der Waals surface area (Å²) in [5, 5.41) is 0. The second-order valence-electron chi connectivity index (χ2n) is 4.15. The first-order valence-electron chi connectivity index (χ1n) is 6.17. The normalized spacial score (nSPS) is 9.81. The molecule has 2 aromatic carbocycles. The minimum atomic E-state index is -0.532. The number of rotatable bonds is 5. The molecule has 5 nitrogen and oxygen atoms in total. The predicted octanol–water partition coefficient (Wildman–Crippen LogP) is 2.74. The van der Waals surface area contributed by atoms with Crippen LogP contribution >= 0.6 is 0 Å². The van der Waals surface area contributed by atoms with Gasteiger partial charge in [0.15, 0.2) is 11.5 Å². The molecule has 0 aliphatic rings. The van der Waals surface area contributed by atoms with Gasteiger partial charge in [0, 0.05) is 11.6 Å². The van der Waals surface area contributed by atoms with Gasteiger partial charge in [0.25, 0.3) is 0 Å². The van der Waals surface area contributed by atoms with Gasteiger partial charge < -0.3 is 14.2 Å². The number of methoxy groups -OCH3 is 2. The SMILES string of the molecule is COc1ccc(OC(=O)c2ccc(C=O)cc2)c(OC)c1. The van der Waals surface area contributed by atoms with Crippen LogP contribution < -0.4 is 14.2 Å². The highest BCUT2D eigenvalue weighted by Crippen LogP contribution is 2.31. The zero-order valence-corrected chi connectivity index (χ0v) is 11.7. The van der Waals surface area contributed by atoms with E-state index in [9.17, 15) is 9.59 Å². The number of carbonyl (C=O) groups is 2. The summed E-state index contributed by atoms with van der Waals surface area (Å²) in [6.07, 6.45) is 0.710. The number of esters is 1. The number of ether oxygens (including phenoxy) is 3. The summed E-state index contributed by atoms with van der Waals surface area (Å²) in [6, 6.07) is 11.0. The Balaban J connectivity index is 2.20. The predicted molar refractivity (Wildman–Crippen MR) is 76.3 cm³/mol. The van der Waals surface area contributed by atoms with Crippen LogP contribution in [0.15, 0.2) is 42.5 Å². The van der Waals surface area contributed by atoms with Gasteiger partial charge in [0.1, 0.15) is 12.0 Å². The lowest BCUT2D eigenvalue weighted by Gasteiger charge is -2.10. The van der Waals surface area contributed by atoms with Crippen LogP contribution in [0.2, 0.25) is 0 Å². The van der Waals surface area contributed by atoms with E-state index in [1.165, 1.54) is 26.4 Å². The van der Waals surface area contributed by atoms with Crippen molar-refractivity contribution in [1.29, 1.82) is 0 Å². The first kappa shape index (κ1) is 14.6. The third-order valence-corrected chi connectivity index (χ3v) is 2.86. The molecule has 21 heavy (non-hydrogen) atoms. The van der Waals surface area contributed by atoms with E-state index in [0.29, 0.717) is 34.7 Å². The van der Waals surface area contributed by atoms with Crippen LogP contribution in [-0.2, 0) is 0 Å². The van der Waals surface area contributed by atoms with Crippen LogP contribution in [0, 0.1) is 0 Å². The smallest absolute Gasteiger partial charge is 0.343 e. The van der Waals surface area contributed by atoms with Crippen molar-refractivity contribution >= 4 is 12.3 Å². The Morgan fingerprint density at radius 3 is 2.24 bits per heavy atom. The quantitative estimate of drug-likeness (QED) is 0.480. The third kappa shape index (κ3) is 3.39. The Morgan fingerprint density at radius 2 is 1.67 bits per heavy atom. The van der Waals surface area contributed by atoms with Crippen LogP contribution in [0.4, 0.5) is 0 Å². The van der Waals surface area contributed by atoms with Gasteiger partial charge in [0.2, 0.25) is 0 Å². The zero-order chi connectivity index (χ0) is 15.2. The molecule has 0 saturated heterocycles. The average Bonchev–Trinajstić information content (AvgIpc) is 2.55. The molecule has 2 rings (SSSR count). The van der Waals surface area contributed by atoms with Crippen LogP contribution in [-0.4, -0.2) is 26.5 Å². The summed E-state index contributed by atoms with van der Waals surface area (Å²) in [4.78, 5) is 22.6. The van der Waals surface area contributed by atoms with Gasteiger partial charge in [-0.3, -0.25) is 4.79 Å².